The third kappa shape index (κ3) is 4.33. The average molecular weight is 221 g/mol. The van der Waals surface area contributed by atoms with Crippen molar-refractivity contribution in [1.29, 1.82) is 0 Å². The summed E-state index contributed by atoms with van der Waals surface area (Å²) in [4.78, 5) is 0. The third-order valence-corrected chi connectivity index (χ3v) is 2.81. The number of unbranched alkanes of at least 4 members (excludes halogenated alkanes) is 1. The van der Waals surface area contributed by atoms with Gasteiger partial charge < -0.3 is 10.4 Å². The van der Waals surface area contributed by atoms with Crippen LogP contribution in [0.3, 0.4) is 0 Å². The van der Waals surface area contributed by atoms with Crippen LogP contribution in [0.25, 0.3) is 0 Å². The van der Waals surface area contributed by atoms with Crippen LogP contribution >= 0.6 is 0 Å². The lowest BCUT2D eigenvalue weighted by Crippen LogP contribution is -2.33. The van der Waals surface area contributed by atoms with Crippen molar-refractivity contribution in [3.63, 3.8) is 0 Å². The minimum absolute atomic E-state index is 0.155. The molecule has 0 spiro atoms. The van der Waals surface area contributed by atoms with Crippen LogP contribution in [-0.4, -0.2) is 17.8 Å². The molecule has 0 saturated heterocycles. The molecule has 0 heterocycles. The second kappa shape index (κ2) is 7.42. The summed E-state index contributed by atoms with van der Waals surface area (Å²) in [5, 5.41) is 12.6. The van der Waals surface area contributed by atoms with E-state index in [0.717, 1.165) is 6.42 Å². The van der Waals surface area contributed by atoms with Crippen molar-refractivity contribution in [3.8, 4) is 0 Å². The Morgan fingerprint density at radius 3 is 2.50 bits per heavy atom. The van der Waals surface area contributed by atoms with Crippen LogP contribution in [0.2, 0.25) is 0 Å². The van der Waals surface area contributed by atoms with E-state index in [1.54, 1.807) is 0 Å². The summed E-state index contributed by atoms with van der Waals surface area (Å²) in [7, 11) is 0. The van der Waals surface area contributed by atoms with Gasteiger partial charge in [-0.05, 0) is 18.9 Å². The van der Waals surface area contributed by atoms with Crippen molar-refractivity contribution in [2.75, 3.05) is 6.61 Å². The molecule has 2 atom stereocenters. The predicted octanol–water partition coefficient (Wildman–Crippen LogP) is 2.89. The highest BCUT2D eigenvalue weighted by Gasteiger charge is 2.12. The monoisotopic (exact) mass is 221 g/mol. The van der Waals surface area contributed by atoms with Gasteiger partial charge in [0.1, 0.15) is 0 Å². The number of aliphatic hydroxyl groups is 1. The quantitative estimate of drug-likeness (QED) is 0.742. The van der Waals surface area contributed by atoms with Gasteiger partial charge in [-0.2, -0.15) is 0 Å². The van der Waals surface area contributed by atoms with E-state index in [4.69, 9.17) is 5.11 Å². The second-order valence-corrected chi connectivity index (χ2v) is 4.36. The summed E-state index contributed by atoms with van der Waals surface area (Å²) in [5.74, 6) is 0. The van der Waals surface area contributed by atoms with E-state index in [-0.39, 0.29) is 12.6 Å². The van der Waals surface area contributed by atoms with Crippen molar-refractivity contribution in [2.24, 2.45) is 0 Å². The summed E-state index contributed by atoms with van der Waals surface area (Å²) < 4.78 is 0. The number of rotatable bonds is 7. The predicted molar refractivity (Wildman–Crippen MR) is 68.4 cm³/mol. The van der Waals surface area contributed by atoms with E-state index >= 15 is 0 Å². The van der Waals surface area contributed by atoms with E-state index in [9.17, 15) is 0 Å². The lowest BCUT2D eigenvalue weighted by molar-refractivity contribution is 0.238. The topological polar surface area (TPSA) is 32.3 Å². The molecule has 1 aromatic rings. The minimum Gasteiger partial charge on any atom is -0.395 e. The van der Waals surface area contributed by atoms with Crippen molar-refractivity contribution in [2.45, 2.75) is 45.2 Å². The molecular weight excluding hydrogens is 198 g/mol. The zero-order valence-electron chi connectivity index (χ0n) is 10.3. The van der Waals surface area contributed by atoms with Crippen molar-refractivity contribution < 1.29 is 5.11 Å². The lowest BCUT2D eigenvalue weighted by Gasteiger charge is -2.22. The molecule has 0 bridgehead atoms. The van der Waals surface area contributed by atoms with Crippen molar-refractivity contribution in [1.82, 2.24) is 5.32 Å². The molecule has 1 aromatic carbocycles. The largest absolute Gasteiger partial charge is 0.395 e. The maximum absolute atomic E-state index is 9.09. The van der Waals surface area contributed by atoms with E-state index in [1.807, 2.05) is 13.0 Å². The molecule has 0 radical (unpaired) electrons. The highest BCUT2D eigenvalue weighted by molar-refractivity contribution is 5.18. The Balaban J connectivity index is 2.63. The molecule has 0 aliphatic rings. The Labute approximate surface area is 98.7 Å². The highest BCUT2D eigenvalue weighted by atomic mass is 16.3. The van der Waals surface area contributed by atoms with Crippen molar-refractivity contribution >= 4 is 0 Å². The van der Waals surface area contributed by atoms with E-state index < -0.39 is 0 Å². The molecule has 0 fully saturated rings. The van der Waals surface area contributed by atoms with Crippen LogP contribution in [0.5, 0.6) is 0 Å². The number of benzene rings is 1. The fourth-order valence-corrected chi connectivity index (χ4v) is 1.84. The molecule has 2 nitrogen and oxygen atoms in total. The summed E-state index contributed by atoms with van der Waals surface area (Å²) in [6.07, 6.45) is 3.55. The van der Waals surface area contributed by atoms with Gasteiger partial charge in [0.15, 0.2) is 0 Å². The van der Waals surface area contributed by atoms with Crippen LogP contribution in [0.15, 0.2) is 30.3 Å². The Kier molecular flexibility index (Phi) is 6.12. The minimum atomic E-state index is 0.155. The van der Waals surface area contributed by atoms with Crippen molar-refractivity contribution in [3.05, 3.63) is 35.9 Å². The van der Waals surface area contributed by atoms with E-state index in [2.05, 4.69) is 36.5 Å². The summed E-state index contributed by atoms with van der Waals surface area (Å²) in [6, 6.07) is 11.0. The molecule has 0 amide bonds. The maximum Gasteiger partial charge on any atom is 0.0582 e. The first-order chi connectivity index (χ1) is 7.77. The molecule has 0 aromatic heterocycles. The van der Waals surface area contributed by atoms with Crippen LogP contribution in [0.4, 0.5) is 0 Å². The highest BCUT2D eigenvalue weighted by Crippen LogP contribution is 2.19. The van der Waals surface area contributed by atoms with E-state index in [0.29, 0.717) is 6.04 Å². The molecule has 0 aliphatic heterocycles. The van der Waals surface area contributed by atoms with Crippen LogP contribution in [-0.2, 0) is 0 Å². The molecule has 90 valence electrons. The molecular formula is C14H23NO. The van der Waals surface area contributed by atoms with Crippen LogP contribution < -0.4 is 5.32 Å². The van der Waals surface area contributed by atoms with Crippen LogP contribution in [0.1, 0.15) is 44.7 Å². The van der Waals surface area contributed by atoms with Gasteiger partial charge in [-0.15, -0.1) is 0 Å². The molecule has 0 saturated carbocycles. The number of hydrogen-bond acceptors (Lipinski definition) is 2. The molecule has 2 N–H and O–H groups in total. The Morgan fingerprint density at radius 1 is 1.25 bits per heavy atom. The van der Waals surface area contributed by atoms with Gasteiger partial charge in [-0.1, -0.05) is 50.1 Å². The number of hydrogen-bond donors (Lipinski definition) is 2. The number of aliphatic hydroxyl groups excluding tert-OH is 1. The normalized spacial score (nSPS) is 14.7. The zero-order chi connectivity index (χ0) is 11.8. The van der Waals surface area contributed by atoms with Gasteiger partial charge in [0.05, 0.1) is 6.61 Å². The fraction of sp³-hybridized carbons (Fsp3) is 0.571. The fourth-order valence-electron chi connectivity index (χ4n) is 1.84. The Hall–Kier alpha value is -0.860. The molecule has 1 unspecified atom stereocenters. The Morgan fingerprint density at radius 2 is 1.94 bits per heavy atom. The molecule has 2 heteroatoms. The van der Waals surface area contributed by atoms with Gasteiger partial charge >= 0.3 is 0 Å². The van der Waals surface area contributed by atoms with E-state index in [1.165, 1.54) is 18.4 Å². The maximum atomic E-state index is 9.09. The standard InChI is InChI=1S/C14H23NO/c1-3-4-10-14(15-12(2)11-16)13-8-6-5-7-9-13/h5-9,12,14-16H,3-4,10-11H2,1-2H3/t12-,14?/m0/s1. The summed E-state index contributed by atoms with van der Waals surface area (Å²) >= 11 is 0. The number of nitrogens with one attached hydrogen (secondary N) is 1. The molecule has 1 rings (SSSR count). The van der Waals surface area contributed by atoms with Gasteiger partial charge in [0.2, 0.25) is 0 Å². The van der Waals surface area contributed by atoms with Gasteiger partial charge in [0, 0.05) is 12.1 Å². The Bertz CT molecular complexity index is 273. The SMILES string of the molecule is CCCCC(N[C@@H](C)CO)c1ccccc1. The smallest absolute Gasteiger partial charge is 0.0582 e. The van der Waals surface area contributed by atoms with Gasteiger partial charge in [-0.25, -0.2) is 0 Å². The second-order valence-electron chi connectivity index (χ2n) is 4.36. The first-order valence-corrected chi connectivity index (χ1v) is 6.19. The zero-order valence-corrected chi connectivity index (χ0v) is 10.3. The van der Waals surface area contributed by atoms with Gasteiger partial charge in [0.25, 0.3) is 0 Å². The third-order valence-electron chi connectivity index (χ3n) is 2.81. The van der Waals surface area contributed by atoms with Gasteiger partial charge in [-0.3, -0.25) is 0 Å². The first-order valence-electron chi connectivity index (χ1n) is 6.19. The summed E-state index contributed by atoms with van der Waals surface area (Å²) in [5.41, 5.74) is 1.32. The lowest BCUT2D eigenvalue weighted by atomic mass is 10.0. The summed E-state index contributed by atoms with van der Waals surface area (Å²) in [6.45, 7) is 4.41. The average Bonchev–Trinajstić information content (AvgIpc) is 2.35. The first kappa shape index (κ1) is 13.2. The van der Waals surface area contributed by atoms with Crippen LogP contribution in [0, 0.1) is 0 Å². The molecule has 0 aliphatic carbocycles. The molecule has 16 heavy (non-hydrogen) atoms.